The van der Waals surface area contributed by atoms with Gasteiger partial charge in [-0.15, -0.1) is 0 Å². The number of carbonyl (C=O) groups excluding carboxylic acids is 1. The molecule has 2 N–H and O–H groups in total. The lowest BCUT2D eigenvalue weighted by Gasteiger charge is -2.24. The summed E-state index contributed by atoms with van der Waals surface area (Å²) in [5.41, 5.74) is 6.81. The zero-order valence-corrected chi connectivity index (χ0v) is 9.83. The Labute approximate surface area is 99.8 Å². The Morgan fingerprint density at radius 1 is 1.59 bits per heavy atom. The third-order valence-corrected chi connectivity index (χ3v) is 3.24. The van der Waals surface area contributed by atoms with Crippen molar-refractivity contribution in [3.8, 4) is 0 Å². The summed E-state index contributed by atoms with van der Waals surface area (Å²) < 4.78 is 18.4. The Balaban J connectivity index is 2.25. The minimum Gasteiger partial charge on any atom is -0.466 e. The van der Waals surface area contributed by atoms with Gasteiger partial charge in [0.2, 0.25) is 0 Å². The van der Waals surface area contributed by atoms with Crippen LogP contribution in [0, 0.1) is 5.82 Å². The van der Waals surface area contributed by atoms with Crippen LogP contribution in [0.3, 0.4) is 0 Å². The number of fused-ring (bicyclic) bond motifs is 1. The second-order valence-electron chi connectivity index (χ2n) is 4.40. The van der Waals surface area contributed by atoms with E-state index < -0.39 is 5.54 Å². The van der Waals surface area contributed by atoms with Crippen LogP contribution in [0.25, 0.3) is 0 Å². The summed E-state index contributed by atoms with van der Waals surface area (Å²) in [5, 5.41) is 0. The molecule has 0 fully saturated rings. The van der Waals surface area contributed by atoms with Crippen LogP contribution in [0.2, 0.25) is 0 Å². The largest absolute Gasteiger partial charge is 0.466 e. The van der Waals surface area contributed by atoms with E-state index in [-0.39, 0.29) is 18.2 Å². The van der Waals surface area contributed by atoms with E-state index in [1.807, 2.05) is 0 Å². The highest BCUT2D eigenvalue weighted by atomic mass is 19.1. The van der Waals surface area contributed by atoms with Gasteiger partial charge >= 0.3 is 5.97 Å². The number of carbonyl (C=O) groups is 1. The normalized spacial score (nSPS) is 22.3. The van der Waals surface area contributed by atoms with Crippen LogP contribution in [0.5, 0.6) is 0 Å². The smallest absolute Gasteiger partial charge is 0.307 e. The van der Waals surface area contributed by atoms with Gasteiger partial charge in [0.05, 0.1) is 18.6 Å². The molecule has 0 spiro atoms. The lowest BCUT2D eigenvalue weighted by molar-refractivity contribution is -0.144. The van der Waals surface area contributed by atoms with Crippen LogP contribution in [0.15, 0.2) is 18.2 Å². The van der Waals surface area contributed by atoms with Crippen molar-refractivity contribution in [1.82, 2.24) is 0 Å². The van der Waals surface area contributed by atoms with E-state index in [4.69, 9.17) is 10.5 Å². The second-order valence-corrected chi connectivity index (χ2v) is 4.40. The fourth-order valence-corrected chi connectivity index (χ4v) is 2.42. The zero-order valence-electron chi connectivity index (χ0n) is 9.83. The van der Waals surface area contributed by atoms with Crippen LogP contribution in [-0.2, 0) is 21.5 Å². The van der Waals surface area contributed by atoms with Gasteiger partial charge in [-0.1, -0.05) is 12.1 Å². The number of esters is 1. The average Bonchev–Trinajstić information content (AvgIpc) is 2.58. The van der Waals surface area contributed by atoms with Crippen molar-refractivity contribution in [3.05, 3.63) is 35.1 Å². The molecule has 0 bridgehead atoms. The molecular weight excluding hydrogens is 221 g/mol. The van der Waals surface area contributed by atoms with Crippen molar-refractivity contribution in [3.63, 3.8) is 0 Å². The van der Waals surface area contributed by atoms with Gasteiger partial charge < -0.3 is 10.5 Å². The first kappa shape index (κ1) is 12.0. The Kier molecular flexibility index (Phi) is 3.15. The highest BCUT2D eigenvalue weighted by Gasteiger charge is 2.38. The molecule has 0 aliphatic heterocycles. The van der Waals surface area contributed by atoms with E-state index in [0.29, 0.717) is 25.0 Å². The molecule has 0 saturated carbocycles. The van der Waals surface area contributed by atoms with Crippen LogP contribution in [-0.4, -0.2) is 12.6 Å². The highest BCUT2D eigenvalue weighted by molar-refractivity contribution is 5.71. The molecule has 2 rings (SSSR count). The lowest BCUT2D eigenvalue weighted by atomic mass is 9.89. The maximum Gasteiger partial charge on any atom is 0.307 e. The molecule has 1 aromatic carbocycles. The molecule has 1 atom stereocenters. The fraction of sp³-hybridized carbons (Fsp3) is 0.462. The summed E-state index contributed by atoms with van der Waals surface area (Å²) in [4.78, 5) is 11.5. The fourth-order valence-electron chi connectivity index (χ4n) is 2.42. The molecule has 4 heteroatoms. The van der Waals surface area contributed by atoms with Crippen LogP contribution < -0.4 is 5.73 Å². The minimum absolute atomic E-state index is 0.108. The highest BCUT2D eigenvalue weighted by Crippen LogP contribution is 2.38. The standard InChI is InChI=1S/C13H16FNO2/c1-2-17-12(16)8-13(15)7-6-9-10(13)4-3-5-11(9)14/h3-5H,2,6-8,15H2,1H3. The minimum atomic E-state index is -0.774. The molecule has 1 aliphatic carbocycles. The molecule has 0 aromatic heterocycles. The summed E-state index contributed by atoms with van der Waals surface area (Å²) in [5.74, 6) is -0.564. The number of hydrogen-bond acceptors (Lipinski definition) is 3. The predicted octanol–water partition coefficient (Wildman–Crippen LogP) is 1.88. The molecule has 0 heterocycles. The second kappa shape index (κ2) is 4.45. The topological polar surface area (TPSA) is 52.3 Å². The number of rotatable bonds is 3. The van der Waals surface area contributed by atoms with Crippen molar-refractivity contribution in [2.24, 2.45) is 5.73 Å². The quantitative estimate of drug-likeness (QED) is 0.817. The zero-order chi connectivity index (χ0) is 12.5. The van der Waals surface area contributed by atoms with Gasteiger partial charge in [-0.25, -0.2) is 4.39 Å². The molecule has 1 aliphatic rings. The van der Waals surface area contributed by atoms with E-state index in [1.54, 1.807) is 19.1 Å². The van der Waals surface area contributed by atoms with Gasteiger partial charge in [-0.05, 0) is 37.0 Å². The molecule has 3 nitrogen and oxygen atoms in total. The lowest BCUT2D eigenvalue weighted by Crippen LogP contribution is -2.37. The van der Waals surface area contributed by atoms with Crippen molar-refractivity contribution in [2.75, 3.05) is 6.61 Å². The summed E-state index contributed by atoms with van der Waals surface area (Å²) in [7, 11) is 0. The SMILES string of the molecule is CCOC(=O)CC1(N)CCc2c(F)cccc21. The van der Waals surface area contributed by atoms with Gasteiger partial charge in [-0.3, -0.25) is 4.79 Å². The number of nitrogens with two attached hydrogens (primary N) is 1. The van der Waals surface area contributed by atoms with E-state index in [9.17, 15) is 9.18 Å². The molecule has 17 heavy (non-hydrogen) atoms. The molecule has 0 amide bonds. The molecular formula is C13H16FNO2. The summed E-state index contributed by atoms with van der Waals surface area (Å²) >= 11 is 0. The maximum atomic E-state index is 13.5. The number of hydrogen-bond donors (Lipinski definition) is 1. The van der Waals surface area contributed by atoms with Crippen molar-refractivity contribution in [1.29, 1.82) is 0 Å². The van der Waals surface area contributed by atoms with Gasteiger partial charge in [0, 0.05) is 0 Å². The van der Waals surface area contributed by atoms with Crippen molar-refractivity contribution >= 4 is 5.97 Å². The third kappa shape index (κ3) is 2.17. The van der Waals surface area contributed by atoms with Crippen molar-refractivity contribution < 1.29 is 13.9 Å². The van der Waals surface area contributed by atoms with Gasteiger partial charge in [-0.2, -0.15) is 0 Å². The molecule has 1 aromatic rings. The van der Waals surface area contributed by atoms with Gasteiger partial charge in [0.25, 0.3) is 0 Å². The molecule has 0 radical (unpaired) electrons. The van der Waals surface area contributed by atoms with E-state index in [0.717, 1.165) is 5.56 Å². The van der Waals surface area contributed by atoms with Crippen LogP contribution in [0.4, 0.5) is 4.39 Å². The van der Waals surface area contributed by atoms with Crippen LogP contribution >= 0.6 is 0 Å². The number of halogens is 1. The summed E-state index contributed by atoms with van der Waals surface area (Å²) in [6.07, 6.45) is 1.28. The average molecular weight is 237 g/mol. The van der Waals surface area contributed by atoms with Crippen LogP contribution in [0.1, 0.15) is 30.9 Å². The summed E-state index contributed by atoms with van der Waals surface area (Å²) in [6.45, 7) is 2.09. The Bertz CT molecular complexity index is 447. The maximum absolute atomic E-state index is 13.5. The molecule has 0 saturated heterocycles. The number of benzene rings is 1. The Hall–Kier alpha value is -1.42. The van der Waals surface area contributed by atoms with E-state index in [2.05, 4.69) is 0 Å². The first-order valence-electron chi connectivity index (χ1n) is 5.79. The van der Waals surface area contributed by atoms with Gasteiger partial charge in [0.1, 0.15) is 5.82 Å². The van der Waals surface area contributed by atoms with Gasteiger partial charge in [0.15, 0.2) is 0 Å². The van der Waals surface area contributed by atoms with Crippen molar-refractivity contribution in [2.45, 2.75) is 31.7 Å². The first-order chi connectivity index (χ1) is 8.07. The Morgan fingerprint density at radius 3 is 3.06 bits per heavy atom. The van der Waals surface area contributed by atoms with E-state index in [1.165, 1.54) is 6.07 Å². The summed E-state index contributed by atoms with van der Waals surface area (Å²) in [6, 6.07) is 4.85. The molecule has 1 unspecified atom stereocenters. The van der Waals surface area contributed by atoms with E-state index >= 15 is 0 Å². The third-order valence-electron chi connectivity index (χ3n) is 3.24. The first-order valence-corrected chi connectivity index (χ1v) is 5.79. The molecule has 92 valence electrons. The predicted molar refractivity (Wildman–Crippen MR) is 61.8 cm³/mol. The number of ether oxygens (including phenoxy) is 1. The monoisotopic (exact) mass is 237 g/mol. The Morgan fingerprint density at radius 2 is 2.35 bits per heavy atom.